The topological polar surface area (TPSA) is 85.4 Å². The van der Waals surface area contributed by atoms with Crippen molar-refractivity contribution in [3.63, 3.8) is 0 Å². The van der Waals surface area contributed by atoms with Gasteiger partial charge >= 0.3 is 0 Å². The van der Waals surface area contributed by atoms with Crippen molar-refractivity contribution in [3.8, 4) is 5.88 Å². The number of carbonyl (C=O) groups excluding carboxylic acids is 1. The van der Waals surface area contributed by atoms with Crippen LogP contribution in [0.25, 0.3) is 0 Å². The van der Waals surface area contributed by atoms with Gasteiger partial charge in [0.25, 0.3) is 5.91 Å². The molecule has 0 atom stereocenters. The summed E-state index contributed by atoms with van der Waals surface area (Å²) in [6.07, 6.45) is 2.48. The second-order valence-corrected chi connectivity index (χ2v) is 6.88. The Morgan fingerprint density at radius 2 is 2.00 bits per heavy atom. The SMILES string of the molecule is COc1ccc(NC(=O)c2cc(S(C)(=O)=O)ccc2Cl)cn1. The molecule has 0 bridgehead atoms. The first-order valence-electron chi connectivity index (χ1n) is 6.12. The van der Waals surface area contributed by atoms with Gasteiger partial charge in [0, 0.05) is 12.3 Å². The van der Waals surface area contributed by atoms with Crippen molar-refractivity contribution in [1.82, 2.24) is 4.98 Å². The minimum Gasteiger partial charge on any atom is -0.481 e. The van der Waals surface area contributed by atoms with Gasteiger partial charge in [0.2, 0.25) is 5.88 Å². The molecule has 0 aliphatic heterocycles. The zero-order valence-electron chi connectivity index (χ0n) is 11.8. The number of sulfone groups is 1. The Bertz CT molecular complexity index is 804. The van der Waals surface area contributed by atoms with Gasteiger partial charge in [0.05, 0.1) is 34.5 Å². The predicted octanol–water partition coefficient (Wildman–Crippen LogP) is 2.40. The summed E-state index contributed by atoms with van der Waals surface area (Å²) in [7, 11) is -1.94. The van der Waals surface area contributed by atoms with Gasteiger partial charge in [-0.05, 0) is 24.3 Å². The van der Waals surface area contributed by atoms with Crippen LogP contribution in [0.1, 0.15) is 10.4 Å². The maximum Gasteiger partial charge on any atom is 0.257 e. The third-order valence-electron chi connectivity index (χ3n) is 2.81. The highest BCUT2D eigenvalue weighted by Gasteiger charge is 2.15. The molecule has 2 aromatic rings. The van der Waals surface area contributed by atoms with E-state index in [2.05, 4.69) is 10.3 Å². The largest absolute Gasteiger partial charge is 0.481 e. The summed E-state index contributed by atoms with van der Waals surface area (Å²) in [6, 6.07) is 7.16. The average molecular weight is 341 g/mol. The molecule has 0 saturated heterocycles. The molecule has 2 rings (SSSR count). The summed E-state index contributed by atoms with van der Waals surface area (Å²) in [5.74, 6) is -0.113. The number of aromatic nitrogens is 1. The summed E-state index contributed by atoms with van der Waals surface area (Å²) in [4.78, 5) is 16.2. The standard InChI is InChI=1S/C14H13ClN2O4S/c1-21-13-6-3-9(8-16-13)17-14(18)11-7-10(22(2,19)20)4-5-12(11)15/h3-8H,1-2H3,(H,17,18). The lowest BCUT2D eigenvalue weighted by atomic mass is 10.2. The molecule has 6 nitrogen and oxygen atoms in total. The van der Waals surface area contributed by atoms with E-state index in [1.54, 1.807) is 12.1 Å². The van der Waals surface area contributed by atoms with Crippen molar-refractivity contribution in [2.24, 2.45) is 0 Å². The van der Waals surface area contributed by atoms with Gasteiger partial charge in [-0.3, -0.25) is 4.79 Å². The molecule has 0 unspecified atom stereocenters. The lowest BCUT2D eigenvalue weighted by Crippen LogP contribution is -2.13. The Morgan fingerprint density at radius 3 is 2.55 bits per heavy atom. The molecule has 1 aromatic carbocycles. The number of nitrogens with one attached hydrogen (secondary N) is 1. The Kier molecular flexibility index (Phi) is 4.68. The van der Waals surface area contributed by atoms with Crippen LogP contribution in [0, 0.1) is 0 Å². The van der Waals surface area contributed by atoms with Gasteiger partial charge in [0.15, 0.2) is 9.84 Å². The van der Waals surface area contributed by atoms with E-state index in [1.807, 2.05) is 0 Å². The second kappa shape index (κ2) is 6.33. The van der Waals surface area contributed by atoms with Gasteiger partial charge in [-0.1, -0.05) is 11.6 Å². The van der Waals surface area contributed by atoms with Crippen molar-refractivity contribution >= 4 is 33.0 Å². The normalized spacial score (nSPS) is 11.0. The molecule has 0 aliphatic carbocycles. The van der Waals surface area contributed by atoms with Crippen molar-refractivity contribution < 1.29 is 17.9 Å². The van der Waals surface area contributed by atoms with Crippen molar-refractivity contribution in [2.75, 3.05) is 18.7 Å². The summed E-state index contributed by atoms with van der Waals surface area (Å²) in [6.45, 7) is 0. The molecule has 0 aliphatic rings. The van der Waals surface area contributed by atoms with Crippen molar-refractivity contribution in [1.29, 1.82) is 0 Å². The minimum absolute atomic E-state index is 0.0231. The van der Waals surface area contributed by atoms with E-state index in [9.17, 15) is 13.2 Å². The van der Waals surface area contributed by atoms with E-state index in [-0.39, 0.29) is 15.5 Å². The molecule has 0 radical (unpaired) electrons. The highest BCUT2D eigenvalue weighted by atomic mass is 35.5. The minimum atomic E-state index is -3.42. The first-order valence-corrected chi connectivity index (χ1v) is 8.39. The molecule has 0 fully saturated rings. The summed E-state index contributed by atoms with van der Waals surface area (Å²) >= 11 is 5.96. The van der Waals surface area contributed by atoms with Crippen LogP contribution in [0.15, 0.2) is 41.4 Å². The van der Waals surface area contributed by atoms with Gasteiger partial charge in [-0.2, -0.15) is 0 Å². The van der Waals surface area contributed by atoms with Crippen LogP contribution in [0.3, 0.4) is 0 Å². The molecule has 1 amide bonds. The molecule has 22 heavy (non-hydrogen) atoms. The molecule has 1 aromatic heterocycles. The van der Waals surface area contributed by atoms with Crippen LogP contribution in [-0.4, -0.2) is 32.7 Å². The first kappa shape index (κ1) is 16.3. The molecule has 116 valence electrons. The Labute approximate surface area is 133 Å². The average Bonchev–Trinajstić information content (AvgIpc) is 2.47. The Balaban J connectivity index is 2.28. The summed E-state index contributed by atoms with van der Waals surface area (Å²) in [5, 5.41) is 2.75. The van der Waals surface area contributed by atoms with E-state index in [0.29, 0.717) is 11.6 Å². The number of hydrogen-bond donors (Lipinski definition) is 1. The molecular weight excluding hydrogens is 328 g/mol. The Hall–Kier alpha value is -2.12. The van der Waals surface area contributed by atoms with Crippen molar-refractivity contribution in [3.05, 3.63) is 47.1 Å². The molecular formula is C14H13ClN2O4S. The quantitative estimate of drug-likeness (QED) is 0.923. The highest BCUT2D eigenvalue weighted by Crippen LogP contribution is 2.22. The van der Waals surface area contributed by atoms with Gasteiger partial charge in [-0.15, -0.1) is 0 Å². The Morgan fingerprint density at radius 1 is 1.27 bits per heavy atom. The number of ether oxygens (including phenoxy) is 1. The van der Waals surface area contributed by atoms with Crippen LogP contribution >= 0.6 is 11.6 Å². The fourth-order valence-electron chi connectivity index (χ4n) is 1.68. The van der Waals surface area contributed by atoms with E-state index >= 15 is 0 Å². The predicted molar refractivity (Wildman–Crippen MR) is 83.3 cm³/mol. The highest BCUT2D eigenvalue weighted by molar-refractivity contribution is 7.90. The first-order chi connectivity index (χ1) is 10.3. The number of rotatable bonds is 4. The molecule has 1 heterocycles. The van der Waals surface area contributed by atoms with Crippen molar-refractivity contribution in [2.45, 2.75) is 4.90 Å². The lowest BCUT2D eigenvalue weighted by Gasteiger charge is -2.08. The van der Waals surface area contributed by atoms with Gasteiger partial charge in [-0.25, -0.2) is 13.4 Å². The van der Waals surface area contributed by atoms with E-state index < -0.39 is 15.7 Å². The zero-order chi connectivity index (χ0) is 16.3. The van der Waals surface area contributed by atoms with E-state index in [4.69, 9.17) is 16.3 Å². The zero-order valence-corrected chi connectivity index (χ0v) is 13.4. The number of methoxy groups -OCH3 is 1. The number of benzene rings is 1. The molecule has 8 heteroatoms. The maximum absolute atomic E-state index is 12.2. The number of carbonyl (C=O) groups is 1. The number of hydrogen-bond acceptors (Lipinski definition) is 5. The number of amides is 1. The van der Waals surface area contributed by atoms with Gasteiger partial charge < -0.3 is 10.1 Å². The maximum atomic E-state index is 12.2. The summed E-state index contributed by atoms with van der Waals surface area (Å²) in [5.41, 5.74) is 0.507. The number of nitrogens with zero attached hydrogens (tertiary/aromatic N) is 1. The molecule has 0 saturated carbocycles. The fourth-order valence-corrected chi connectivity index (χ4v) is 2.53. The number of anilines is 1. The van der Waals surface area contributed by atoms with Crippen LogP contribution in [-0.2, 0) is 9.84 Å². The summed E-state index contributed by atoms with van der Waals surface area (Å²) < 4.78 is 28.0. The number of halogens is 1. The van der Waals surface area contributed by atoms with Crippen LogP contribution in [0.5, 0.6) is 5.88 Å². The lowest BCUT2D eigenvalue weighted by molar-refractivity contribution is 0.102. The number of pyridine rings is 1. The third-order valence-corrected chi connectivity index (χ3v) is 4.25. The monoisotopic (exact) mass is 340 g/mol. The van der Waals surface area contributed by atoms with E-state index in [1.165, 1.54) is 31.5 Å². The molecule has 0 spiro atoms. The van der Waals surface area contributed by atoms with E-state index in [0.717, 1.165) is 6.26 Å². The fraction of sp³-hybridized carbons (Fsp3) is 0.143. The van der Waals surface area contributed by atoms with Crippen LogP contribution < -0.4 is 10.1 Å². The smallest absolute Gasteiger partial charge is 0.257 e. The van der Waals surface area contributed by atoms with Crippen LogP contribution in [0.4, 0.5) is 5.69 Å². The second-order valence-electron chi connectivity index (χ2n) is 4.46. The third kappa shape index (κ3) is 3.75. The van der Waals surface area contributed by atoms with Gasteiger partial charge in [0.1, 0.15) is 0 Å². The molecule has 1 N–H and O–H groups in total. The van der Waals surface area contributed by atoms with Crippen LogP contribution in [0.2, 0.25) is 5.02 Å².